The van der Waals surface area contributed by atoms with E-state index in [4.69, 9.17) is 18.9 Å². The number of fused-ring (bicyclic) bond motifs is 1. The zero-order chi connectivity index (χ0) is 24.5. The molecule has 0 radical (unpaired) electrons. The molecule has 0 unspecified atom stereocenters. The van der Waals surface area contributed by atoms with Gasteiger partial charge in [0.15, 0.2) is 16.3 Å². The summed E-state index contributed by atoms with van der Waals surface area (Å²) in [5, 5.41) is 0. The molecule has 0 bridgehead atoms. The normalized spacial score (nSPS) is 11.5. The van der Waals surface area contributed by atoms with Gasteiger partial charge in [-0.25, -0.2) is 0 Å². The molecule has 0 fully saturated rings. The molecule has 0 aliphatic carbocycles. The van der Waals surface area contributed by atoms with Crippen LogP contribution in [0.25, 0.3) is 10.2 Å². The van der Waals surface area contributed by atoms with Gasteiger partial charge < -0.3 is 23.5 Å². The van der Waals surface area contributed by atoms with Crippen LogP contribution < -0.4 is 19.0 Å². The SMILES string of the molecule is CCCCCOc1cccc(C(=O)N=c2sc3cc(OC)c(OC)cc3n2CC(=O)OCC)c1. The van der Waals surface area contributed by atoms with E-state index in [0.29, 0.717) is 39.7 Å². The van der Waals surface area contributed by atoms with Crippen molar-refractivity contribution in [3.05, 3.63) is 46.8 Å². The maximum absolute atomic E-state index is 13.0. The summed E-state index contributed by atoms with van der Waals surface area (Å²) in [5.74, 6) is 0.833. The molecule has 0 N–H and O–H groups in total. The molecule has 0 aliphatic heterocycles. The maximum atomic E-state index is 13.0. The van der Waals surface area contributed by atoms with E-state index in [1.807, 2.05) is 6.07 Å². The van der Waals surface area contributed by atoms with Gasteiger partial charge in [-0.15, -0.1) is 0 Å². The summed E-state index contributed by atoms with van der Waals surface area (Å²) < 4.78 is 24.1. The molecule has 8 nitrogen and oxygen atoms in total. The van der Waals surface area contributed by atoms with E-state index in [1.54, 1.807) is 48.9 Å². The van der Waals surface area contributed by atoms with Crippen molar-refractivity contribution >= 4 is 33.4 Å². The summed E-state index contributed by atoms with van der Waals surface area (Å²) in [6.45, 7) is 4.65. The number of carbonyl (C=O) groups excluding carboxylic acids is 2. The van der Waals surface area contributed by atoms with E-state index in [9.17, 15) is 9.59 Å². The first-order chi connectivity index (χ1) is 16.5. The van der Waals surface area contributed by atoms with Crippen molar-refractivity contribution in [2.45, 2.75) is 39.7 Å². The molecule has 1 aromatic heterocycles. The number of carbonyl (C=O) groups is 2. The van der Waals surface area contributed by atoms with Crippen molar-refractivity contribution in [2.24, 2.45) is 4.99 Å². The van der Waals surface area contributed by atoms with E-state index < -0.39 is 11.9 Å². The first-order valence-electron chi connectivity index (χ1n) is 11.2. The minimum Gasteiger partial charge on any atom is -0.494 e. The second kappa shape index (κ2) is 12.2. The second-order valence-corrected chi connectivity index (χ2v) is 8.46. The van der Waals surface area contributed by atoms with Crippen molar-refractivity contribution in [3.8, 4) is 17.2 Å². The lowest BCUT2D eigenvalue weighted by atomic mass is 10.2. The van der Waals surface area contributed by atoms with Gasteiger partial charge in [0.25, 0.3) is 5.91 Å². The van der Waals surface area contributed by atoms with Gasteiger partial charge in [-0.05, 0) is 31.5 Å². The molecule has 0 saturated carbocycles. The van der Waals surface area contributed by atoms with Crippen LogP contribution in [-0.4, -0.2) is 43.9 Å². The number of esters is 1. The Morgan fingerprint density at radius 3 is 2.50 bits per heavy atom. The minimum atomic E-state index is -0.429. The third-order valence-corrected chi connectivity index (χ3v) is 6.12. The lowest BCUT2D eigenvalue weighted by Crippen LogP contribution is -2.23. The van der Waals surface area contributed by atoms with Gasteiger partial charge in [0.2, 0.25) is 0 Å². The van der Waals surface area contributed by atoms with Gasteiger partial charge in [0.05, 0.1) is 37.6 Å². The van der Waals surface area contributed by atoms with Gasteiger partial charge in [-0.1, -0.05) is 37.2 Å². The number of ether oxygens (including phenoxy) is 4. The van der Waals surface area contributed by atoms with E-state index in [0.717, 1.165) is 24.0 Å². The van der Waals surface area contributed by atoms with Gasteiger partial charge in [0.1, 0.15) is 12.3 Å². The van der Waals surface area contributed by atoms with Crippen molar-refractivity contribution in [2.75, 3.05) is 27.4 Å². The Labute approximate surface area is 202 Å². The van der Waals surface area contributed by atoms with Gasteiger partial charge in [-0.3, -0.25) is 9.59 Å². The summed E-state index contributed by atoms with van der Waals surface area (Å²) >= 11 is 1.28. The quantitative estimate of drug-likeness (QED) is 0.291. The largest absolute Gasteiger partial charge is 0.494 e. The van der Waals surface area contributed by atoms with Crippen LogP contribution in [0.4, 0.5) is 0 Å². The highest BCUT2D eigenvalue weighted by Gasteiger charge is 2.16. The summed E-state index contributed by atoms with van der Waals surface area (Å²) in [6.07, 6.45) is 3.16. The van der Waals surface area contributed by atoms with Crippen molar-refractivity contribution < 1.29 is 28.5 Å². The highest BCUT2D eigenvalue weighted by molar-refractivity contribution is 7.16. The van der Waals surface area contributed by atoms with E-state index >= 15 is 0 Å². The number of methoxy groups -OCH3 is 2. The topological polar surface area (TPSA) is 88.4 Å². The van der Waals surface area contributed by atoms with Gasteiger partial charge >= 0.3 is 5.97 Å². The summed E-state index contributed by atoms with van der Waals surface area (Å²) in [4.78, 5) is 30.0. The molecule has 34 heavy (non-hydrogen) atoms. The van der Waals surface area contributed by atoms with Crippen LogP contribution in [0.3, 0.4) is 0 Å². The predicted molar refractivity (Wildman–Crippen MR) is 131 cm³/mol. The van der Waals surface area contributed by atoms with E-state index in [-0.39, 0.29) is 13.2 Å². The zero-order valence-electron chi connectivity index (χ0n) is 20.0. The molecule has 1 heterocycles. The molecule has 0 saturated heterocycles. The van der Waals surface area contributed by atoms with Crippen molar-refractivity contribution in [3.63, 3.8) is 0 Å². The molecule has 3 aromatic rings. The third kappa shape index (κ3) is 6.17. The van der Waals surface area contributed by atoms with Crippen molar-refractivity contribution in [1.82, 2.24) is 4.57 Å². The van der Waals surface area contributed by atoms with Crippen molar-refractivity contribution in [1.29, 1.82) is 0 Å². The summed E-state index contributed by atoms with van der Waals surface area (Å²) in [7, 11) is 3.09. The minimum absolute atomic E-state index is 0.0873. The first kappa shape index (κ1) is 25.3. The standard InChI is InChI=1S/C25H30N2O6S/c1-5-7-8-12-33-18-11-9-10-17(13-18)24(29)26-25-27(16-23(28)32-6-2)19-14-20(30-3)21(31-4)15-22(19)34-25/h9-11,13-15H,5-8,12,16H2,1-4H3. The molecular formula is C25H30N2O6S. The zero-order valence-corrected chi connectivity index (χ0v) is 20.8. The van der Waals surface area contributed by atoms with Gasteiger partial charge in [-0.2, -0.15) is 4.99 Å². The number of hydrogen-bond acceptors (Lipinski definition) is 7. The lowest BCUT2D eigenvalue weighted by Gasteiger charge is -2.09. The molecule has 2 aromatic carbocycles. The van der Waals surface area contributed by atoms with Crippen LogP contribution >= 0.6 is 11.3 Å². The van der Waals surface area contributed by atoms with Gasteiger partial charge in [0, 0.05) is 17.7 Å². The fourth-order valence-corrected chi connectivity index (χ4v) is 4.42. The van der Waals surface area contributed by atoms with Crippen LogP contribution in [-0.2, 0) is 16.1 Å². The lowest BCUT2D eigenvalue weighted by molar-refractivity contribution is -0.143. The highest BCUT2D eigenvalue weighted by atomic mass is 32.1. The molecule has 0 spiro atoms. The Bertz CT molecular complexity index is 1210. The Hall–Kier alpha value is -3.33. The smallest absolute Gasteiger partial charge is 0.326 e. The predicted octanol–water partition coefficient (Wildman–Crippen LogP) is 4.59. The van der Waals surface area contributed by atoms with Crippen LogP contribution in [0.15, 0.2) is 41.4 Å². The van der Waals surface area contributed by atoms with Crippen LogP contribution in [0.5, 0.6) is 17.2 Å². The molecule has 0 aliphatic rings. The van der Waals surface area contributed by atoms with E-state index in [1.165, 1.54) is 18.4 Å². The number of benzene rings is 2. The van der Waals surface area contributed by atoms with E-state index in [2.05, 4.69) is 11.9 Å². The fourth-order valence-electron chi connectivity index (χ4n) is 3.38. The number of nitrogens with zero attached hydrogens (tertiary/aromatic N) is 2. The summed E-state index contributed by atoms with van der Waals surface area (Å²) in [6, 6.07) is 10.5. The Balaban J connectivity index is 2.00. The number of thiazole rings is 1. The number of hydrogen-bond donors (Lipinski definition) is 0. The first-order valence-corrected chi connectivity index (χ1v) is 12.0. The van der Waals surface area contributed by atoms with Crippen LogP contribution in [0.2, 0.25) is 0 Å². The number of unbranched alkanes of at least 4 members (excludes halogenated alkanes) is 2. The Morgan fingerprint density at radius 1 is 1.03 bits per heavy atom. The molecule has 9 heteroatoms. The average Bonchev–Trinajstić information content (AvgIpc) is 3.16. The van der Waals surface area contributed by atoms with Crippen LogP contribution in [0.1, 0.15) is 43.5 Å². The molecule has 182 valence electrons. The molecular weight excluding hydrogens is 456 g/mol. The Morgan fingerprint density at radius 2 is 1.79 bits per heavy atom. The Kier molecular flexibility index (Phi) is 9.09. The third-order valence-electron chi connectivity index (χ3n) is 5.08. The molecule has 1 amide bonds. The second-order valence-electron chi connectivity index (χ2n) is 7.45. The molecule has 3 rings (SSSR count). The number of amides is 1. The number of aromatic nitrogens is 1. The average molecular weight is 487 g/mol. The monoisotopic (exact) mass is 486 g/mol. The highest BCUT2D eigenvalue weighted by Crippen LogP contribution is 2.33. The fraction of sp³-hybridized carbons (Fsp3) is 0.400. The maximum Gasteiger partial charge on any atom is 0.326 e. The summed E-state index contributed by atoms with van der Waals surface area (Å²) in [5.41, 5.74) is 1.10. The number of rotatable bonds is 11. The molecule has 0 atom stereocenters. The van der Waals surface area contributed by atoms with Crippen LogP contribution in [0, 0.1) is 0 Å².